The number of aryl methyl sites for hydroxylation is 3. The van der Waals surface area contributed by atoms with Crippen LogP contribution in [0.2, 0.25) is 0 Å². The van der Waals surface area contributed by atoms with Crippen LogP contribution in [-0.4, -0.2) is 19.7 Å². The lowest BCUT2D eigenvalue weighted by Gasteiger charge is -2.10. The molecule has 0 amide bonds. The molecule has 18 heavy (non-hydrogen) atoms. The number of anilines is 3. The molecule has 0 aliphatic heterocycles. The SMILES string of the molecule is CCc1nn(C)cc1Nc1nc(C)nc(N)c1C. The first-order chi connectivity index (χ1) is 8.51. The Morgan fingerprint density at radius 1 is 1.33 bits per heavy atom. The first-order valence-corrected chi connectivity index (χ1v) is 5.91. The van der Waals surface area contributed by atoms with E-state index in [2.05, 4.69) is 27.3 Å². The standard InChI is InChI=1S/C12H18N6/c1-5-9-10(6-18(4)17-9)16-12-7(2)11(13)14-8(3)15-12/h6H,5H2,1-4H3,(H3,13,14,15,16). The maximum atomic E-state index is 5.84. The van der Waals surface area contributed by atoms with Crippen molar-refractivity contribution in [3.05, 3.63) is 23.3 Å². The van der Waals surface area contributed by atoms with E-state index < -0.39 is 0 Å². The molecule has 0 aromatic carbocycles. The zero-order valence-corrected chi connectivity index (χ0v) is 11.2. The molecule has 0 saturated heterocycles. The third-order valence-corrected chi connectivity index (χ3v) is 2.79. The van der Waals surface area contributed by atoms with E-state index in [1.807, 2.05) is 27.1 Å². The Kier molecular flexibility index (Phi) is 3.18. The van der Waals surface area contributed by atoms with E-state index in [0.717, 1.165) is 29.2 Å². The number of hydrogen-bond donors (Lipinski definition) is 2. The van der Waals surface area contributed by atoms with E-state index in [4.69, 9.17) is 5.73 Å². The molecular weight excluding hydrogens is 228 g/mol. The number of rotatable bonds is 3. The molecule has 2 heterocycles. The summed E-state index contributed by atoms with van der Waals surface area (Å²) in [5.41, 5.74) is 8.66. The van der Waals surface area contributed by atoms with Crippen LogP contribution in [0.3, 0.4) is 0 Å². The first kappa shape index (κ1) is 12.3. The second-order valence-electron chi connectivity index (χ2n) is 4.27. The lowest BCUT2D eigenvalue weighted by atomic mass is 10.2. The van der Waals surface area contributed by atoms with Gasteiger partial charge in [0.2, 0.25) is 0 Å². The van der Waals surface area contributed by atoms with Crippen molar-refractivity contribution >= 4 is 17.3 Å². The quantitative estimate of drug-likeness (QED) is 0.861. The van der Waals surface area contributed by atoms with Crippen molar-refractivity contribution < 1.29 is 0 Å². The average molecular weight is 246 g/mol. The fourth-order valence-corrected chi connectivity index (χ4v) is 1.80. The van der Waals surface area contributed by atoms with Crippen LogP contribution in [-0.2, 0) is 13.5 Å². The van der Waals surface area contributed by atoms with Gasteiger partial charge in [-0.2, -0.15) is 5.10 Å². The fourth-order valence-electron chi connectivity index (χ4n) is 1.80. The molecule has 6 nitrogen and oxygen atoms in total. The minimum absolute atomic E-state index is 0.506. The molecule has 0 saturated carbocycles. The summed E-state index contributed by atoms with van der Waals surface area (Å²) < 4.78 is 1.79. The maximum absolute atomic E-state index is 5.84. The summed E-state index contributed by atoms with van der Waals surface area (Å²) >= 11 is 0. The van der Waals surface area contributed by atoms with E-state index in [0.29, 0.717) is 11.6 Å². The van der Waals surface area contributed by atoms with Gasteiger partial charge >= 0.3 is 0 Å². The predicted molar refractivity (Wildman–Crippen MR) is 71.8 cm³/mol. The number of nitrogens with zero attached hydrogens (tertiary/aromatic N) is 4. The topological polar surface area (TPSA) is 81.7 Å². The molecule has 6 heteroatoms. The zero-order chi connectivity index (χ0) is 13.3. The summed E-state index contributed by atoms with van der Waals surface area (Å²) in [6.07, 6.45) is 2.80. The Bertz CT molecular complexity index is 572. The minimum Gasteiger partial charge on any atom is -0.383 e. The molecule has 96 valence electrons. The summed E-state index contributed by atoms with van der Waals surface area (Å²) in [5, 5.41) is 7.66. The molecule has 0 aliphatic carbocycles. The Labute approximate surface area is 106 Å². The molecule has 2 aromatic rings. The van der Waals surface area contributed by atoms with Gasteiger partial charge in [-0.3, -0.25) is 4.68 Å². The van der Waals surface area contributed by atoms with Gasteiger partial charge in [0.05, 0.1) is 11.4 Å². The highest BCUT2D eigenvalue weighted by molar-refractivity contribution is 5.64. The minimum atomic E-state index is 0.506. The smallest absolute Gasteiger partial charge is 0.139 e. The average Bonchev–Trinajstić information content (AvgIpc) is 2.65. The molecule has 0 spiro atoms. The van der Waals surface area contributed by atoms with Gasteiger partial charge in [-0.05, 0) is 20.3 Å². The normalized spacial score (nSPS) is 10.7. The van der Waals surface area contributed by atoms with Gasteiger partial charge in [-0.1, -0.05) is 6.92 Å². The molecule has 0 bridgehead atoms. The Morgan fingerprint density at radius 3 is 2.72 bits per heavy atom. The van der Waals surface area contributed by atoms with Crippen LogP contribution in [0.25, 0.3) is 0 Å². The van der Waals surface area contributed by atoms with Gasteiger partial charge in [0.15, 0.2) is 0 Å². The van der Waals surface area contributed by atoms with Crippen molar-refractivity contribution in [1.29, 1.82) is 0 Å². The van der Waals surface area contributed by atoms with Crippen molar-refractivity contribution in [2.45, 2.75) is 27.2 Å². The molecular formula is C12H18N6. The molecule has 2 rings (SSSR count). The number of nitrogens with two attached hydrogens (primary N) is 1. The largest absolute Gasteiger partial charge is 0.383 e. The molecule has 2 aromatic heterocycles. The molecule has 0 fully saturated rings. The highest BCUT2D eigenvalue weighted by Gasteiger charge is 2.11. The van der Waals surface area contributed by atoms with Gasteiger partial charge in [0.25, 0.3) is 0 Å². The van der Waals surface area contributed by atoms with Crippen molar-refractivity contribution in [3.8, 4) is 0 Å². The van der Waals surface area contributed by atoms with Gasteiger partial charge in [0.1, 0.15) is 17.5 Å². The number of nitrogen functional groups attached to an aromatic ring is 1. The summed E-state index contributed by atoms with van der Waals surface area (Å²) in [4.78, 5) is 8.50. The second-order valence-corrected chi connectivity index (χ2v) is 4.27. The molecule has 0 unspecified atom stereocenters. The van der Waals surface area contributed by atoms with E-state index >= 15 is 0 Å². The number of aromatic nitrogens is 4. The third kappa shape index (κ3) is 2.27. The van der Waals surface area contributed by atoms with E-state index in [-0.39, 0.29) is 0 Å². The summed E-state index contributed by atoms with van der Waals surface area (Å²) in [6.45, 7) is 5.80. The maximum Gasteiger partial charge on any atom is 0.139 e. The molecule has 0 radical (unpaired) electrons. The highest BCUT2D eigenvalue weighted by atomic mass is 15.3. The van der Waals surface area contributed by atoms with Gasteiger partial charge in [0, 0.05) is 18.8 Å². The number of nitrogens with one attached hydrogen (secondary N) is 1. The summed E-state index contributed by atoms with van der Waals surface area (Å²) in [6, 6.07) is 0. The lowest BCUT2D eigenvalue weighted by Crippen LogP contribution is -2.05. The van der Waals surface area contributed by atoms with E-state index in [1.54, 1.807) is 4.68 Å². The van der Waals surface area contributed by atoms with Gasteiger partial charge < -0.3 is 11.1 Å². The van der Waals surface area contributed by atoms with Crippen molar-refractivity contribution in [1.82, 2.24) is 19.7 Å². The van der Waals surface area contributed by atoms with Gasteiger partial charge in [-0.15, -0.1) is 0 Å². The zero-order valence-electron chi connectivity index (χ0n) is 11.2. The Balaban J connectivity index is 2.39. The van der Waals surface area contributed by atoms with Crippen LogP contribution >= 0.6 is 0 Å². The first-order valence-electron chi connectivity index (χ1n) is 5.91. The molecule has 0 aliphatic rings. The molecule has 3 N–H and O–H groups in total. The number of hydrogen-bond acceptors (Lipinski definition) is 5. The summed E-state index contributed by atoms with van der Waals surface area (Å²) in [7, 11) is 1.90. The van der Waals surface area contributed by atoms with Crippen LogP contribution in [0.15, 0.2) is 6.20 Å². The van der Waals surface area contributed by atoms with Crippen LogP contribution in [0.1, 0.15) is 24.0 Å². The molecule has 0 atom stereocenters. The van der Waals surface area contributed by atoms with E-state index in [1.165, 1.54) is 0 Å². The van der Waals surface area contributed by atoms with Crippen LogP contribution < -0.4 is 11.1 Å². The lowest BCUT2D eigenvalue weighted by molar-refractivity contribution is 0.746. The predicted octanol–water partition coefficient (Wildman–Crippen LogP) is 1.72. The van der Waals surface area contributed by atoms with Crippen LogP contribution in [0.4, 0.5) is 17.3 Å². The third-order valence-electron chi connectivity index (χ3n) is 2.79. The Hall–Kier alpha value is -2.11. The monoisotopic (exact) mass is 246 g/mol. The van der Waals surface area contributed by atoms with E-state index in [9.17, 15) is 0 Å². The van der Waals surface area contributed by atoms with Crippen molar-refractivity contribution in [2.75, 3.05) is 11.1 Å². The van der Waals surface area contributed by atoms with Crippen LogP contribution in [0, 0.1) is 13.8 Å². The van der Waals surface area contributed by atoms with Crippen molar-refractivity contribution in [3.63, 3.8) is 0 Å². The van der Waals surface area contributed by atoms with Crippen molar-refractivity contribution in [2.24, 2.45) is 7.05 Å². The second kappa shape index (κ2) is 4.64. The fraction of sp³-hybridized carbons (Fsp3) is 0.417. The Morgan fingerprint density at radius 2 is 2.06 bits per heavy atom. The highest BCUT2D eigenvalue weighted by Crippen LogP contribution is 2.23. The van der Waals surface area contributed by atoms with Crippen LogP contribution in [0.5, 0.6) is 0 Å². The van der Waals surface area contributed by atoms with Gasteiger partial charge in [-0.25, -0.2) is 9.97 Å². The summed E-state index contributed by atoms with van der Waals surface area (Å²) in [5.74, 6) is 1.90.